The molecule has 63 heavy (non-hydrogen) atoms. The van der Waals surface area contributed by atoms with Crippen molar-refractivity contribution in [1.29, 1.82) is 0 Å². The molecule has 0 bridgehead atoms. The van der Waals surface area contributed by atoms with E-state index < -0.39 is 0 Å². The van der Waals surface area contributed by atoms with Gasteiger partial charge in [0.15, 0.2) is 17.5 Å². The Labute approximate surface area is 366 Å². The fourth-order valence-electron chi connectivity index (χ4n) is 9.37. The Hall–Kier alpha value is -7.93. The van der Waals surface area contributed by atoms with Gasteiger partial charge in [-0.25, -0.2) is 15.0 Å². The molecule has 0 fully saturated rings. The van der Waals surface area contributed by atoms with Crippen LogP contribution in [-0.2, 0) is 6.42 Å². The summed E-state index contributed by atoms with van der Waals surface area (Å²) in [4.78, 5) is 15.3. The van der Waals surface area contributed by atoms with Gasteiger partial charge in [-0.2, -0.15) is 0 Å². The summed E-state index contributed by atoms with van der Waals surface area (Å²) in [6.45, 7) is 0. The van der Waals surface area contributed by atoms with Crippen LogP contribution in [0, 0.1) is 0 Å². The summed E-state index contributed by atoms with van der Waals surface area (Å²) in [5.41, 5.74) is 12.4. The monoisotopic (exact) mass is 810 g/mol. The van der Waals surface area contributed by atoms with E-state index in [1.165, 1.54) is 49.7 Å². The van der Waals surface area contributed by atoms with Gasteiger partial charge in [-0.05, 0) is 74.7 Å². The molecule has 300 valence electrons. The van der Waals surface area contributed by atoms with E-state index in [9.17, 15) is 0 Å². The van der Waals surface area contributed by atoms with Crippen LogP contribution in [0.5, 0.6) is 0 Å². The van der Waals surface area contributed by atoms with E-state index >= 15 is 0 Å². The SMILES string of the molecule is C1=Cc2cc(-c3nc(-c4ccc(-c5ccc(C6NC(c7ccccc7)Nc7c8ccccc8c(-c8ccccc8)n76)cc5)cc4)nc(-c4ccc5ccccc5c4)n3)ccc2CC1. The lowest BCUT2D eigenvalue weighted by Crippen LogP contribution is -2.41. The lowest BCUT2D eigenvalue weighted by Gasteiger charge is -2.37. The van der Waals surface area contributed by atoms with Crippen molar-refractivity contribution in [2.75, 3.05) is 5.32 Å². The first-order valence-corrected chi connectivity index (χ1v) is 21.7. The molecule has 6 heteroatoms. The summed E-state index contributed by atoms with van der Waals surface area (Å²) >= 11 is 0. The maximum Gasteiger partial charge on any atom is 0.164 e. The molecule has 12 rings (SSSR count). The molecule has 2 unspecified atom stereocenters. The van der Waals surface area contributed by atoms with Gasteiger partial charge in [0.25, 0.3) is 0 Å². The fourth-order valence-corrected chi connectivity index (χ4v) is 9.37. The molecule has 0 saturated carbocycles. The van der Waals surface area contributed by atoms with Gasteiger partial charge in [-0.3, -0.25) is 5.32 Å². The average molecular weight is 811 g/mol. The highest BCUT2D eigenvalue weighted by atomic mass is 15.4. The Bertz CT molecular complexity index is 3330. The first kappa shape index (κ1) is 36.9. The van der Waals surface area contributed by atoms with Crippen LogP contribution in [0.2, 0.25) is 0 Å². The summed E-state index contributed by atoms with van der Waals surface area (Å²) in [5, 5.41) is 12.6. The molecule has 0 amide bonds. The summed E-state index contributed by atoms with van der Waals surface area (Å²) in [7, 11) is 0. The zero-order valence-electron chi connectivity index (χ0n) is 34.5. The number of aromatic nitrogens is 4. The summed E-state index contributed by atoms with van der Waals surface area (Å²) in [5.74, 6) is 3.08. The third-order valence-electron chi connectivity index (χ3n) is 12.6. The Balaban J connectivity index is 0.906. The van der Waals surface area contributed by atoms with Crippen LogP contribution < -0.4 is 10.6 Å². The Morgan fingerprint density at radius 3 is 1.81 bits per heavy atom. The van der Waals surface area contributed by atoms with Crippen molar-refractivity contribution >= 4 is 33.4 Å². The molecular weight excluding hydrogens is 769 g/mol. The third kappa shape index (κ3) is 6.78. The summed E-state index contributed by atoms with van der Waals surface area (Å²) in [6, 6.07) is 69.1. The molecule has 1 aliphatic carbocycles. The van der Waals surface area contributed by atoms with E-state index in [-0.39, 0.29) is 12.3 Å². The van der Waals surface area contributed by atoms with E-state index in [1.54, 1.807) is 0 Å². The Kier molecular flexibility index (Phi) is 9.08. The number of nitrogens with one attached hydrogen (secondary N) is 2. The van der Waals surface area contributed by atoms with E-state index in [0.29, 0.717) is 17.5 Å². The second kappa shape index (κ2) is 15.5. The van der Waals surface area contributed by atoms with Crippen molar-refractivity contribution in [3.05, 3.63) is 222 Å². The number of hydrogen-bond acceptors (Lipinski definition) is 5. The molecule has 1 aliphatic heterocycles. The second-order valence-electron chi connectivity index (χ2n) is 16.5. The van der Waals surface area contributed by atoms with Gasteiger partial charge >= 0.3 is 0 Å². The highest BCUT2D eigenvalue weighted by molar-refractivity contribution is 6.04. The molecule has 0 spiro atoms. The van der Waals surface area contributed by atoms with Crippen molar-refractivity contribution in [2.24, 2.45) is 0 Å². The molecule has 8 aromatic carbocycles. The van der Waals surface area contributed by atoms with E-state index in [1.807, 2.05) is 0 Å². The number of aryl methyl sites for hydroxylation is 1. The minimum Gasteiger partial charge on any atom is -0.352 e. The van der Waals surface area contributed by atoms with Gasteiger partial charge in [0, 0.05) is 27.5 Å². The van der Waals surface area contributed by atoms with Crippen molar-refractivity contribution < 1.29 is 0 Å². The molecule has 3 heterocycles. The van der Waals surface area contributed by atoms with Gasteiger partial charge < -0.3 is 9.88 Å². The first-order valence-electron chi connectivity index (χ1n) is 21.7. The van der Waals surface area contributed by atoms with Gasteiger partial charge in [0.05, 0.1) is 5.69 Å². The molecule has 0 saturated heterocycles. The van der Waals surface area contributed by atoms with Gasteiger partial charge in [0.1, 0.15) is 18.1 Å². The third-order valence-corrected chi connectivity index (χ3v) is 12.6. The van der Waals surface area contributed by atoms with Crippen LogP contribution in [0.1, 0.15) is 41.0 Å². The molecule has 6 nitrogen and oxygen atoms in total. The fraction of sp³-hybridized carbons (Fsp3) is 0.0702. The number of anilines is 1. The molecule has 2 aromatic heterocycles. The Morgan fingerprint density at radius 2 is 1.05 bits per heavy atom. The average Bonchev–Trinajstić information content (AvgIpc) is 3.70. The van der Waals surface area contributed by atoms with Crippen LogP contribution in [0.4, 0.5) is 5.82 Å². The minimum atomic E-state index is -0.133. The lowest BCUT2D eigenvalue weighted by molar-refractivity contribution is 0.400. The molecule has 0 radical (unpaired) electrons. The number of allylic oxidation sites excluding steroid dienone is 1. The largest absolute Gasteiger partial charge is 0.352 e. The predicted molar refractivity (Wildman–Crippen MR) is 258 cm³/mol. The normalized spacial score (nSPS) is 15.5. The molecule has 2 atom stereocenters. The van der Waals surface area contributed by atoms with Crippen molar-refractivity contribution in [1.82, 2.24) is 24.8 Å². The summed E-state index contributed by atoms with van der Waals surface area (Å²) < 4.78 is 2.44. The zero-order chi connectivity index (χ0) is 41.7. The molecule has 2 N–H and O–H groups in total. The maximum atomic E-state index is 5.11. The van der Waals surface area contributed by atoms with Gasteiger partial charge in [0.2, 0.25) is 0 Å². The van der Waals surface area contributed by atoms with Crippen molar-refractivity contribution in [3.8, 4) is 56.5 Å². The predicted octanol–water partition coefficient (Wildman–Crippen LogP) is 13.5. The second-order valence-corrected chi connectivity index (χ2v) is 16.5. The quantitative estimate of drug-likeness (QED) is 0.168. The lowest BCUT2D eigenvalue weighted by atomic mass is 9.95. The van der Waals surface area contributed by atoms with Crippen LogP contribution in [-0.4, -0.2) is 19.5 Å². The highest BCUT2D eigenvalue weighted by Crippen LogP contribution is 2.44. The van der Waals surface area contributed by atoms with E-state index in [4.69, 9.17) is 15.0 Å². The summed E-state index contributed by atoms with van der Waals surface area (Å²) in [6.07, 6.45) is 6.36. The van der Waals surface area contributed by atoms with E-state index in [2.05, 4.69) is 221 Å². The van der Waals surface area contributed by atoms with E-state index in [0.717, 1.165) is 51.9 Å². The maximum absolute atomic E-state index is 5.11. The van der Waals surface area contributed by atoms with Crippen molar-refractivity contribution in [2.45, 2.75) is 25.2 Å². The molecule has 10 aromatic rings. The van der Waals surface area contributed by atoms with Gasteiger partial charge in [-0.15, -0.1) is 0 Å². The first-order chi connectivity index (χ1) is 31.2. The smallest absolute Gasteiger partial charge is 0.164 e. The number of benzene rings is 8. The van der Waals surface area contributed by atoms with Crippen LogP contribution in [0.25, 0.3) is 84.2 Å². The standard InChI is InChI=1S/C57H42N6/c1-3-15-41(16-4-1)51-49-21-11-12-22-50(49)57-62-53(42-17-5-2-6-18-42)61-56(63(51)57)44-31-25-40(26-32-44)39-23-29-43(30-24-39)52-58-54(47-33-27-37-13-7-9-19-45(37)35-47)60-55(59-52)48-34-28-38-14-8-10-20-46(38)36-48/h1-7,9-13,15-36,53,56,61-62H,8,14H2. The van der Waals surface area contributed by atoms with Crippen LogP contribution in [0.15, 0.2) is 200 Å². The van der Waals surface area contributed by atoms with Crippen molar-refractivity contribution in [3.63, 3.8) is 0 Å². The van der Waals surface area contributed by atoms with Gasteiger partial charge in [-0.1, -0.05) is 194 Å². The van der Waals surface area contributed by atoms with Crippen LogP contribution in [0.3, 0.4) is 0 Å². The number of fused-ring (bicyclic) bond motifs is 5. The topological polar surface area (TPSA) is 67.7 Å². The number of nitrogens with zero attached hydrogens (tertiary/aromatic N) is 4. The number of rotatable bonds is 7. The minimum absolute atomic E-state index is 0.0837. The molecule has 2 aliphatic rings. The number of hydrogen-bond donors (Lipinski definition) is 2. The zero-order valence-corrected chi connectivity index (χ0v) is 34.5. The van der Waals surface area contributed by atoms with Crippen LogP contribution >= 0.6 is 0 Å². The Morgan fingerprint density at radius 1 is 0.460 bits per heavy atom. The highest BCUT2D eigenvalue weighted by Gasteiger charge is 2.32. The molecular formula is C57H42N6.